The van der Waals surface area contributed by atoms with Gasteiger partial charge < -0.3 is 4.90 Å². The molecule has 0 aromatic heterocycles. The maximum absolute atomic E-state index is 13.0. The average Bonchev–Trinajstić information content (AvgIpc) is 2.72. The molecule has 2 aromatic rings. The molecule has 3 rings (SSSR count). The van der Waals surface area contributed by atoms with Crippen molar-refractivity contribution in [3.8, 4) is 0 Å². The lowest BCUT2D eigenvalue weighted by Gasteiger charge is -2.34. The quantitative estimate of drug-likeness (QED) is 0.689. The Morgan fingerprint density at radius 3 is 2.29 bits per heavy atom. The van der Waals surface area contributed by atoms with Gasteiger partial charge in [0.25, 0.3) is 0 Å². The number of piperazine rings is 1. The Bertz CT molecular complexity index is 812. The van der Waals surface area contributed by atoms with Crippen LogP contribution in [0.2, 0.25) is 0 Å². The standard InChI is InChI=1S/C23H27FN2O2/c1-18-4-2-3-5-21(18)22(27)10-11-23(28)26-16-14-25(15-17-26)13-12-19-6-8-20(24)9-7-19/h2-9H,10-17H2,1H3. The maximum Gasteiger partial charge on any atom is 0.223 e. The van der Waals surface area contributed by atoms with E-state index >= 15 is 0 Å². The minimum absolute atomic E-state index is 0.0318. The third-order valence-electron chi connectivity index (χ3n) is 5.37. The first-order chi connectivity index (χ1) is 13.5. The molecule has 0 N–H and O–H groups in total. The van der Waals surface area contributed by atoms with E-state index in [1.807, 2.05) is 48.2 Å². The summed E-state index contributed by atoms with van der Waals surface area (Å²) in [6.45, 7) is 5.87. The summed E-state index contributed by atoms with van der Waals surface area (Å²) in [5.74, 6) is -0.124. The fraction of sp³-hybridized carbons (Fsp3) is 0.391. The molecule has 1 aliphatic rings. The summed E-state index contributed by atoms with van der Waals surface area (Å²) in [5, 5.41) is 0. The Balaban J connectivity index is 1.39. The SMILES string of the molecule is Cc1ccccc1C(=O)CCC(=O)N1CCN(CCc2ccc(F)cc2)CC1. The highest BCUT2D eigenvalue weighted by Crippen LogP contribution is 2.13. The number of amides is 1. The van der Waals surface area contributed by atoms with Crippen LogP contribution in [-0.4, -0.2) is 54.2 Å². The van der Waals surface area contributed by atoms with Crippen LogP contribution in [0.15, 0.2) is 48.5 Å². The highest BCUT2D eigenvalue weighted by Gasteiger charge is 2.21. The molecule has 1 aliphatic heterocycles. The molecule has 0 spiro atoms. The average molecular weight is 382 g/mol. The van der Waals surface area contributed by atoms with Gasteiger partial charge in [0.05, 0.1) is 0 Å². The van der Waals surface area contributed by atoms with Gasteiger partial charge in [-0.3, -0.25) is 14.5 Å². The predicted octanol–water partition coefficient (Wildman–Crippen LogP) is 3.48. The Hall–Kier alpha value is -2.53. The van der Waals surface area contributed by atoms with E-state index in [0.717, 1.165) is 37.2 Å². The molecule has 1 saturated heterocycles. The van der Waals surface area contributed by atoms with E-state index in [4.69, 9.17) is 0 Å². The first-order valence-corrected chi connectivity index (χ1v) is 9.86. The van der Waals surface area contributed by atoms with Crippen molar-refractivity contribution < 1.29 is 14.0 Å². The third kappa shape index (κ3) is 5.49. The Kier molecular flexibility index (Phi) is 6.93. The first kappa shape index (κ1) is 20.2. The summed E-state index contributed by atoms with van der Waals surface area (Å²) in [6, 6.07) is 14.1. The first-order valence-electron chi connectivity index (χ1n) is 9.86. The number of rotatable bonds is 7. The number of hydrogen-bond donors (Lipinski definition) is 0. The second-order valence-electron chi connectivity index (χ2n) is 7.34. The molecule has 0 atom stereocenters. The van der Waals surface area contributed by atoms with Gasteiger partial charge in [0, 0.05) is 51.1 Å². The molecular weight excluding hydrogens is 355 g/mol. The van der Waals surface area contributed by atoms with Gasteiger partial charge >= 0.3 is 0 Å². The van der Waals surface area contributed by atoms with Crippen LogP contribution < -0.4 is 0 Å². The number of carbonyl (C=O) groups excluding carboxylic acids is 2. The molecule has 0 aliphatic carbocycles. The fourth-order valence-electron chi connectivity index (χ4n) is 3.56. The molecule has 2 aromatic carbocycles. The molecule has 1 fully saturated rings. The lowest BCUT2D eigenvalue weighted by atomic mass is 10.0. The summed E-state index contributed by atoms with van der Waals surface area (Å²) in [5.41, 5.74) is 2.78. The highest BCUT2D eigenvalue weighted by molar-refractivity contribution is 5.99. The van der Waals surface area contributed by atoms with Crippen molar-refractivity contribution in [2.75, 3.05) is 32.7 Å². The van der Waals surface area contributed by atoms with Gasteiger partial charge in [-0.1, -0.05) is 36.4 Å². The minimum Gasteiger partial charge on any atom is -0.340 e. The highest BCUT2D eigenvalue weighted by atomic mass is 19.1. The molecule has 1 amide bonds. The number of ketones is 1. The molecule has 0 unspecified atom stereocenters. The van der Waals surface area contributed by atoms with Crippen LogP contribution in [0.1, 0.15) is 34.3 Å². The summed E-state index contributed by atoms with van der Waals surface area (Å²) < 4.78 is 13.0. The van der Waals surface area contributed by atoms with E-state index in [1.165, 1.54) is 12.1 Å². The number of halogens is 1. The second-order valence-corrected chi connectivity index (χ2v) is 7.34. The third-order valence-corrected chi connectivity index (χ3v) is 5.37. The lowest BCUT2D eigenvalue weighted by molar-refractivity contribution is -0.132. The van der Waals surface area contributed by atoms with Gasteiger partial charge in [-0.05, 0) is 36.6 Å². The maximum atomic E-state index is 13.0. The fourth-order valence-corrected chi connectivity index (χ4v) is 3.56. The minimum atomic E-state index is -0.211. The van der Waals surface area contributed by atoms with Crippen LogP contribution >= 0.6 is 0 Å². The van der Waals surface area contributed by atoms with Crippen molar-refractivity contribution >= 4 is 11.7 Å². The summed E-state index contributed by atoms with van der Waals surface area (Å²) >= 11 is 0. The van der Waals surface area contributed by atoms with Crippen LogP contribution in [0.25, 0.3) is 0 Å². The van der Waals surface area contributed by atoms with E-state index in [1.54, 1.807) is 0 Å². The number of aryl methyl sites for hydroxylation is 1. The molecule has 1 heterocycles. The Morgan fingerprint density at radius 2 is 1.61 bits per heavy atom. The molecular formula is C23H27FN2O2. The van der Waals surface area contributed by atoms with Crippen LogP contribution in [0.3, 0.4) is 0 Å². The van der Waals surface area contributed by atoms with Crippen LogP contribution in [0.5, 0.6) is 0 Å². The van der Waals surface area contributed by atoms with Crippen LogP contribution in [0.4, 0.5) is 4.39 Å². The van der Waals surface area contributed by atoms with Crippen molar-refractivity contribution in [2.24, 2.45) is 0 Å². The van der Waals surface area contributed by atoms with Crippen molar-refractivity contribution in [2.45, 2.75) is 26.2 Å². The lowest BCUT2D eigenvalue weighted by Crippen LogP contribution is -2.49. The monoisotopic (exact) mass is 382 g/mol. The summed E-state index contributed by atoms with van der Waals surface area (Å²) in [7, 11) is 0. The number of nitrogens with zero attached hydrogens (tertiary/aromatic N) is 2. The van der Waals surface area contributed by atoms with Crippen LogP contribution in [-0.2, 0) is 11.2 Å². The Morgan fingerprint density at radius 1 is 0.929 bits per heavy atom. The van der Waals surface area contributed by atoms with Crippen molar-refractivity contribution in [1.29, 1.82) is 0 Å². The zero-order valence-electron chi connectivity index (χ0n) is 16.4. The molecule has 0 radical (unpaired) electrons. The van der Waals surface area contributed by atoms with E-state index < -0.39 is 0 Å². The zero-order chi connectivity index (χ0) is 19.9. The molecule has 28 heavy (non-hydrogen) atoms. The van der Waals surface area contributed by atoms with Gasteiger partial charge in [-0.15, -0.1) is 0 Å². The largest absolute Gasteiger partial charge is 0.340 e. The van der Waals surface area contributed by atoms with Crippen molar-refractivity contribution in [3.05, 3.63) is 71.0 Å². The van der Waals surface area contributed by atoms with Gasteiger partial charge in [0.2, 0.25) is 5.91 Å². The Labute approximate surface area is 166 Å². The molecule has 4 nitrogen and oxygen atoms in total. The predicted molar refractivity (Wildman–Crippen MR) is 108 cm³/mol. The topological polar surface area (TPSA) is 40.6 Å². The van der Waals surface area contributed by atoms with E-state index in [9.17, 15) is 14.0 Å². The second kappa shape index (κ2) is 9.60. The van der Waals surface area contributed by atoms with Gasteiger partial charge in [-0.25, -0.2) is 4.39 Å². The number of Topliss-reactive ketones (excluding diaryl/α,β-unsaturated/α-hetero) is 1. The molecule has 0 saturated carbocycles. The number of carbonyl (C=O) groups is 2. The molecule has 148 valence electrons. The van der Waals surface area contributed by atoms with Crippen molar-refractivity contribution in [3.63, 3.8) is 0 Å². The van der Waals surface area contributed by atoms with Crippen LogP contribution in [0, 0.1) is 12.7 Å². The normalized spacial score (nSPS) is 14.9. The smallest absolute Gasteiger partial charge is 0.223 e. The van der Waals surface area contributed by atoms with Gasteiger partial charge in [-0.2, -0.15) is 0 Å². The van der Waals surface area contributed by atoms with Gasteiger partial charge in [0.15, 0.2) is 5.78 Å². The number of benzene rings is 2. The molecule has 0 bridgehead atoms. The van der Waals surface area contributed by atoms with E-state index in [-0.39, 0.29) is 30.3 Å². The van der Waals surface area contributed by atoms with E-state index in [2.05, 4.69) is 4.90 Å². The number of hydrogen-bond acceptors (Lipinski definition) is 3. The van der Waals surface area contributed by atoms with Crippen molar-refractivity contribution in [1.82, 2.24) is 9.80 Å². The summed E-state index contributed by atoms with van der Waals surface area (Å²) in [6.07, 6.45) is 1.40. The van der Waals surface area contributed by atoms with Gasteiger partial charge in [0.1, 0.15) is 5.82 Å². The zero-order valence-corrected chi connectivity index (χ0v) is 16.4. The summed E-state index contributed by atoms with van der Waals surface area (Å²) in [4.78, 5) is 29.0. The van der Waals surface area contributed by atoms with E-state index in [0.29, 0.717) is 18.7 Å². The molecule has 5 heteroatoms.